The van der Waals surface area contributed by atoms with Crippen molar-refractivity contribution in [2.75, 3.05) is 7.11 Å². The lowest BCUT2D eigenvalue weighted by Crippen LogP contribution is -2.16. The van der Waals surface area contributed by atoms with E-state index < -0.39 is 0 Å². The number of hydrogen-bond acceptors (Lipinski definition) is 4. The van der Waals surface area contributed by atoms with E-state index in [0.717, 1.165) is 27.8 Å². The second kappa shape index (κ2) is 7.68. The van der Waals surface area contributed by atoms with E-state index in [4.69, 9.17) is 16.3 Å². The van der Waals surface area contributed by atoms with E-state index >= 15 is 0 Å². The Kier molecular flexibility index (Phi) is 5.36. The zero-order valence-electron chi connectivity index (χ0n) is 13.9. The summed E-state index contributed by atoms with van der Waals surface area (Å²) >= 11 is 7.74. The number of halogens is 1. The van der Waals surface area contributed by atoms with Crippen LogP contribution in [0.25, 0.3) is 10.1 Å². The van der Waals surface area contributed by atoms with E-state index in [9.17, 15) is 4.79 Å². The average Bonchev–Trinajstić information content (AvgIpc) is 2.98. The van der Waals surface area contributed by atoms with Crippen LogP contribution >= 0.6 is 22.9 Å². The molecular weight excluding hydrogens is 356 g/mol. The lowest BCUT2D eigenvalue weighted by atomic mass is 10.1. The molecule has 1 aromatic heterocycles. The van der Waals surface area contributed by atoms with Gasteiger partial charge in [0, 0.05) is 10.1 Å². The summed E-state index contributed by atoms with van der Waals surface area (Å²) in [7, 11) is 1.61. The number of methoxy groups -OCH3 is 1. The fourth-order valence-corrected chi connectivity index (χ4v) is 3.85. The summed E-state index contributed by atoms with van der Waals surface area (Å²) in [6, 6.07) is 13.4. The predicted octanol–water partition coefficient (Wildman–Crippen LogP) is 4.89. The van der Waals surface area contributed by atoms with Crippen LogP contribution in [0.5, 0.6) is 5.75 Å². The highest BCUT2D eigenvalue weighted by atomic mass is 35.5. The van der Waals surface area contributed by atoms with Crippen molar-refractivity contribution < 1.29 is 9.53 Å². The van der Waals surface area contributed by atoms with Crippen LogP contribution in [0.2, 0.25) is 5.02 Å². The molecule has 0 unspecified atom stereocenters. The monoisotopic (exact) mass is 372 g/mol. The molecule has 1 heterocycles. The van der Waals surface area contributed by atoms with Crippen molar-refractivity contribution in [1.82, 2.24) is 5.43 Å². The van der Waals surface area contributed by atoms with E-state index in [0.29, 0.717) is 9.90 Å². The Morgan fingerprint density at radius 1 is 1.28 bits per heavy atom. The second-order valence-corrected chi connectivity index (χ2v) is 6.83. The molecular formula is C19H17ClN2O2S. The highest BCUT2D eigenvalue weighted by molar-refractivity contribution is 7.21. The molecule has 25 heavy (non-hydrogen) atoms. The number of benzene rings is 2. The number of fused-ring (bicyclic) bond motifs is 1. The van der Waals surface area contributed by atoms with E-state index in [1.165, 1.54) is 16.9 Å². The van der Waals surface area contributed by atoms with Gasteiger partial charge in [-0.3, -0.25) is 4.79 Å². The normalized spacial score (nSPS) is 11.2. The first-order valence-electron chi connectivity index (χ1n) is 7.80. The Labute approximate surface area is 155 Å². The Hall–Kier alpha value is -2.37. The highest BCUT2D eigenvalue weighted by Crippen LogP contribution is 2.35. The Morgan fingerprint density at radius 3 is 2.72 bits per heavy atom. The molecule has 0 bridgehead atoms. The average molecular weight is 373 g/mol. The Bertz CT molecular complexity index is 932. The minimum Gasteiger partial charge on any atom is -0.497 e. The minimum atomic E-state index is -0.311. The van der Waals surface area contributed by atoms with Crippen LogP contribution in [0, 0.1) is 0 Å². The van der Waals surface area contributed by atoms with Crippen LogP contribution in [0.1, 0.15) is 27.7 Å². The maximum absolute atomic E-state index is 12.4. The molecule has 0 saturated carbocycles. The highest BCUT2D eigenvalue weighted by Gasteiger charge is 2.16. The lowest BCUT2D eigenvalue weighted by molar-refractivity contribution is 0.0959. The maximum Gasteiger partial charge on any atom is 0.283 e. The van der Waals surface area contributed by atoms with Crippen molar-refractivity contribution >= 4 is 45.1 Å². The van der Waals surface area contributed by atoms with E-state index in [1.54, 1.807) is 13.3 Å². The number of carbonyl (C=O) groups excluding carboxylic acids is 1. The number of rotatable bonds is 5. The van der Waals surface area contributed by atoms with Gasteiger partial charge in [-0.1, -0.05) is 30.7 Å². The number of hydrogen-bond donors (Lipinski definition) is 1. The molecule has 0 atom stereocenters. The summed E-state index contributed by atoms with van der Waals surface area (Å²) in [6.45, 7) is 2.10. The van der Waals surface area contributed by atoms with Crippen molar-refractivity contribution in [2.24, 2.45) is 5.10 Å². The van der Waals surface area contributed by atoms with Gasteiger partial charge in [-0.2, -0.15) is 5.10 Å². The molecule has 0 fully saturated rings. The first kappa shape index (κ1) is 17.5. The van der Waals surface area contributed by atoms with Crippen molar-refractivity contribution in [3.05, 3.63) is 63.5 Å². The van der Waals surface area contributed by atoms with Gasteiger partial charge in [0.05, 0.1) is 18.3 Å². The molecule has 0 radical (unpaired) electrons. The predicted molar refractivity (Wildman–Crippen MR) is 104 cm³/mol. The van der Waals surface area contributed by atoms with Crippen molar-refractivity contribution in [1.29, 1.82) is 0 Å². The summed E-state index contributed by atoms with van der Waals surface area (Å²) in [5, 5.41) is 5.37. The van der Waals surface area contributed by atoms with Gasteiger partial charge in [-0.25, -0.2) is 5.43 Å². The number of amides is 1. The molecule has 128 valence electrons. The zero-order valence-corrected chi connectivity index (χ0v) is 15.4. The molecule has 0 spiro atoms. The summed E-state index contributed by atoms with van der Waals surface area (Å²) in [5.41, 5.74) is 4.61. The van der Waals surface area contributed by atoms with Gasteiger partial charge in [-0.15, -0.1) is 11.3 Å². The van der Waals surface area contributed by atoms with Crippen LogP contribution in [-0.2, 0) is 6.42 Å². The van der Waals surface area contributed by atoms with Gasteiger partial charge in [0.25, 0.3) is 5.91 Å². The zero-order chi connectivity index (χ0) is 17.8. The largest absolute Gasteiger partial charge is 0.497 e. The van der Waals surface area contributed by atoms with Crippen LogP contribution in [0.3, 0.4) is 0 Å². The van der Waals surface area contributed by atoms with Gasteiger partial charge in [0.15, 0.2) is 0 Å². The molecule has 0 aliphatic rings. The van der Waals surface area contributed by atoms with E-state index in [2.05, 4.69) is 23.5 Å². The standard InChI is InChI=1S/C19H17ClN2O2S/c1-3-12-6-9-15-16(10-12)25-18(17(15)20)19(23)22-21-11-13-4-7-14(24-2)8-5-13/h4-11H,3H2,1-2H3,(H,22,23). The molecule has 1 amide bonds. The number of hydrazone groups is 1. The van der Waals surface area contributed by atoms with Gasteiger partial charge in [0.1, 0.15) is 10.6 Å². The Balaban J connectivity index is 1.75. The second-order valence-electron chi connectivity index (χ2n) is 5.40. The van der Waals surface area contributed by atoms with Crippen LogP contribution in [0.4, 0.5) is 0 Å². The minimum absolute atomic E-state index is 0.311. The first-order valence-corrected chi connectivity index (χ1v) is 9.00. The lowest BCUT2D eigenvalue weighted by Gasteiger charge is -1.99. The van der Waals surface area contributed by atoms with Crippen LogP contribution in [0.15, 0.2) is 47.6 Å². The molecule has 1 N–H and O–H groups in total. The Morgan fingerprint density at radius 2 is 2.04 bits per heavy atom. The quantitative estimate of drug-likeness (QED) is 0.512. The third-order valence-corrected chi connectivity index (χ3v) is 5.46. The van der Waals surface area contributed by atoms with Gasteiger partial charge in [-0.05, 0) is 47.9 Å². The van der Waals surface area contributed by atoms with Gasteiger partial charge < -0.3 is 4.74 Å². The maximum atomic E-state index is 12.4. The summed E-state index contributed by atoms with van der Waals surface area (Å²) in [6.07, 6.45) is 2.52. The number of carbonyl (C=O) groups is 1. The first-order chi connectivity index (χ1) is 12.1. The molecule has 0 aliphatic heterocycles. The van der Waals surface area contributed by atoms with Crippen LogP contribution in [-0.4, -0.2) is 19.2 Å². The number of nitrogens with one attached hydrogen (secondary N) is 1. The fraction of sp³-hybridized carbons (Fsp3) is 0.158. The molecule has 0 aliphatic carbocycles. The molecule has 0 saturated heterocycles. The third-order valence-electron chi connectivity index (χ3n) is 3.80. The molecule has 6 heteroatoms. The topological polar surface area (TPSA) is 50.7 Å². The van der Waals surface area contributed by atoms with Crippen LogP contribution < -0.4 is 10.2 Å². The number of aryl methyl sites for hydroxylation is 1. The van der Waals surface area contributed by atoms with E-state index in [1.807, 2.05) is 36.4 Å². The van der Waals surface area contributed by atoms with Crippen molar-refractivity contribution in [2.45, 2.75) is 13.3 Å². The molecule has 3 rings (SSSR count). The van der Waals surface area contributed by atoms with Gasteiger partial charge in [0.2, 0.25) is 0 Å². The SMILES string of the molecule is CCc1ccc2c(Cl)c(C(=O)NN=Cc3ccc(OC)cc3)sc2c1. The number of ether oxygens (including phenoxy) is 1. The summed E-state index contributed by atoms with van der Waals surface area (Å²) < 4.78 is 6.11. The third kappa shape index (κ3) is 3.83. The fourth-order valence-electron chi connectivity index (χ4n) is 2.38. The molecule has 3 aromatic rings. The molecule has 2 aromatic carbocycles. The van der Waals surface area contributed by atoms with Crippen molar-refractivity contribution in [3.8, 4) is 5.75 Å². The summed E-state index contributed by atoms with van der Waals surface area (Å²) in [4.78, 5) is 12.8. The number of thiophene rings is 1. The van der Waals surface area contributed by atoms with Gasteiger partial charge >= 0.3 is 0 Å². The van der Waals surface area contributed by atoms with Crippen molar-refractivity contribution in [3.63, 3.8) is 0 Å². The molecule has 4 nitrogen and oxygen atoms in total. The van der Waals surface area contributed by atoms with E-state index in [-0.39, 0.29) is 5.91 Å². The summed E-state index contributed by atoms with van der Waals surface area (Å²) in [5.74, 6) is 0.457. The smallest absolute Gasteiger partial charge is 0.283 e. The number of nitrogens with zero attached hydrogens (tertiary/aromatic N) is 1.